The van der Waals surface area contributed by atoms with Crippen molar-refractivity contribution in [3.05, 3.63) is 101 Å². The molecule has 1 saturated heterocycles. The van der Waals surface area contributed by atoms with Gasteiger partial charge in [-0.25, -0.2) is 0 Å². The fourth-order valence-electron chi connectivity index (χ4n) is 3.84. The molecule has 0 amide bonds. The van der Waals surface area contributed by atoms with Crippen molar-refractivity contribution in [1.29, 1.82) is 0 Å². The predicted molar refractivity (Wildman–Crippen MR) is 142 cm³/mol. The fraction of sp³-hybridized carbons (Fsp3) is 0.438. The molecule has 179 valence electrons. The van der Waals surface area contributed by atoms with E-state index in [0.29, 0.717) is 0 Å². The van der Waals surface area contributed by atoms with Crippen LogP contribution in [-0.4, -0.2) is 13.2 Å². The normalized spacial score (nSPS) is 22.1. The molecule has 1 aromatic rings. The van der Waals surface area contributed by atoms with Crippen LogP contribution >= 0.6 is 0 Å². The zero-order chi connectivity index (χ0) is 25.1. The third-order valence-corrected chi connectivity index (χ3v) is 7.37. The van der Waals surface area contributed by atoms with Crippen molar-refractivity contribution in [2.75, 3.05) is 13.2 Å². The van der Waals surface area contributed by atoms with Gasteiger partial charge in [-0.05, 0) is 72.0 Å². The molecule has 3 fully saturated rings. The molecule has 2 heteroatoms. The van der Waals surface area contributed by atoms with Gasteiger partial charge in [-0.1, -0.05) is 87.4 Å². The summed E-state index contributed by atoms with van der Waals surface area (Å²) < 4.78 is 4.94. The Labute approximate surface area is 247 Å². The second kappa shape index (κ2) is 17.6. The van der Waals surface area contributed by atoms with E-state index in [1.165, 1.54) is 72.0 Å². The Morgan fingerprint density at radius 3 is 0.941 bits per heavy atom. The standard InChI is InChI=1S/2C10H15.C8H5.C4H8O.Ce/c2*1-6-7(2)9(4)10(5)8(6)3;1-2-8-6-4-3-5-7-8;1-2-4-5-3-1;/h2*1-5H3;3-7H;1-4H2;/q;;-1;;+3. The molecule has 0 aromatic heterocycles. The van der Waals surface area contributed by atoms with Crippen molar-refractivity contribution in [3.63, 3.8) is 0 Å². The number of benzene rings is 1. The van der Waals surface area contributed by atoms with E-state index >= 15 is 0 Å². The van der Waals surface area contributed by atoms with Crippen LogP contribution in [0, 0.1) is 113 Å². The maximum Gasteiger partial charge on any atom is 3.00 e. The molecule has 1 aromatic carbocycles. The molecule has 0 N–H and O–H groups in total. The molecule has 2 saturated carbocycles. The van der Waals surface area contributed by atoms with Crippen LogP contribution in [0.25, 0.3) is 0 Å². The summed E-state index contributed by atoms with van der Waals surface area (Å²) in [5, 5.41) is 0. The van der Waals surface area contributed by atoms with Gasteiger partial charge in [-0.3, -0.25) is 5.92 Å². The molecule has 1 aliphatic heterocycles. The summed E-state index contributed by atoms with van der Waals surface area (Å²) in [7, 11) is 0. The van der Waals surface area contributed by atoms with Crippen molar-refractivity contribution in [2.45, 2.75) is 82.1 Å². The van der Waals surface area contributed by atoms with Gasteiger partial charge in [0.1, 0.15) is 0 Å². The Hall–Kier alpha value is 0.117. The van der Waals surface area contributed by atoms with Crippen LogP contribution < -0.4 is 0 Å². The van der Waals surface area contributed by atoms with Gasteiger partial charge in [-0.15, -0.1) is 17.7 Å². The Balaban J connectivity index is 0.000000433. The Morgan fingerprint density at radius 1 is 0.529 bits per heavy atom. The molecule has 2 aliphatic carbocycles. The Kier molecular flexibility index (Phi) is 17.6. The van der Waals surface area contributed by atoms with Gasteiger partial charge >= 0.3 is 41.7 Å². The average Bonchev–Trinajstić information content (AvgIpc) is 3.53. The van der Waals surface area contributed by atoms with E-state index in [-0.39, 0.29) is 41.7 Å². The van der Waals surface area contributed by atoms with Crippen LogP contribution in [0.2, 0.25) is 0 Å². The van der Waals surface area contributed by atoms with Gasteiger partial charge < -0.3 is 11.2 Å². The van der Waals surface area contributed by atoms with Crippen LogP contribution in [-0.2, 0) is 4.74 Å². The second-order valence-electron chi connectivity index (χ2n) is 9.06. The van der Waals surface area contributed by atoms with E-state index in [4.69, 9.17) is 11.2 Å². The van der Waals surface area contributed by atoms with Gasteiger partial charge in [0.15, 0.2) is 0 Å². The first kappa shape index (κ1) is 34.1. The maximum absolute atomic E-state index is 6.69. The zero-order valence-corrected chi connectivity index (χ0v) is 26.3. The van der Waals surface area contributed by atoms with Gasteiger partial charge in [0, 0.05) is 13.2 Å². The van der Waals surface area contributed by atoms with Crippen molar-refractivity contribution < 1.29 is 46.5 Å². The average molecular weight is 584 g/mol. The molecule has 3 aliphatic rings. The Morgan fingerprint density at radius 2 is 0.794 bits per heavy atom. The molecule has 0 atom stereocenters. The molecule has 34 heavy (non-hydrogen) atoms. The van der Waals surface area contributed by atoms with Gasteiger partial charge in [0.2, 0.25) is 0 Å². The largest absolute Gasteiger partial charge is 3.00 e. The first-order valence-corrected chi connectivity index (χ1v) is 12.0. The second-order valence-corrected chi connectivity index (χ2v) is 9.06. The smallest absolute Gasteiger partial charge is 0.381 e. The SMILES string of the molecule is C1CCOC1.C[C]1[C](C)[C](C)[C](C)[C]1C.C[C]1[C](C)[C](C)[C](C)[C]1C.[C-]#Cc1ccccc1.[Ce+3]. The molecular weight excluding hydrogens is 540 g/mol. The van der Waals surface area contributed by atoms with Gasteiger partial charge in [0.05, 0.1) is 0 Å². The summed E-state index contributed by atoms with van der Waals surface area (Å²) >= 11 is 0. The van der Waals surface area contributed by atoms with Crippen molar-refractivity contribution in [1.82, 2.24) is 0 Å². The summed E-state index contributed by atoms with van der Waals surface area (Å²) in [6.45, 7) is 24.0. The van der Waals surface area contributed by atoms with Gasteiger partial charge in [0.25, 0.3) is 0 Å². The minimum atomic E-state index is 0. The number of hydrogen-bond donors (Lipinski definition) is 0. The monoisotopic (exact) mass is 583 g/mol. The quantitative estimate of drug-likeness (QED) is 0.220. The van der Waals surface area contributed by atoms with Crippen molar-refractivity contribution in [2.24, 2.45) is 0 Å². The topological polar surface area (TPSA) is 9.23 Å². The molecule has 0 bridgehead atoms. The van der Waals surface area contributed by atoms with Crippen molar-refractivity contribution in [3.8, 4) is 5.92 Å². The summed E-state index contributed by atoms with van der Waals surface area (Å²) in [5.41, 5.74) is 0.826. The summed E-state index contributed by atoms with van der Waals surface area (Å²) in [6.07, 6.45) is 9.25. The van der Waals surface area contributed by atoms with E-state index in [2.05, 4.69) is 75.2 Å². The number of ether oxygens (including phenoxy) is 1. The first-order valence-electron chi connectivity index (χ1n) is 12.0. The van der Waals surface area contributed by atoms with Crippen LogP contribution in [0.3, 0.4) is 0 Å². The predicted octanol–water partition coefficient (Wildman–Crippen LogP) is 8.37. The maximum atomic E-state index is 6.69. The molecule has 11 radical (unpaired) electrons. The van der Waals surface area contributed by atoms with Crippen LogP contribution in [0.5, 0.6) is 0 Å². The minimum Gasteiger partial charge on any atom is -0.381 e. The van der Waals surface area contributed by atoms with Crippen LogP contribution in [0.4, 0.5) is 0 Å². The molecule has 1 heterocycles. The molecular formula is C32H43CeO+2. The molecule has 1 nitrogen and oxygen atoms in total. The van der Waals surface area contributed by atoms with E-state index in [1.807, 2.05) is 30.3 Å². The van der Waals surface area contributed by atoms with Crippen molar-refractivity contribution >= 4 is 0 Å². The summed E-state index contributed by atoms with van der Waals surface area (Å²) in [4.78, 5) is 0. The van der Waals surface area contributed by atoms with E-state index < -0.39 is 0 Å². The van der Waals surface area contributed by atoms with E-state index in [0.717, 1.165) is 18.8 Å². The summed E-state index contributed by atoms with van der Waals surface area (Å²) in [5.74, 6) is 17.0. The molecule has 4 rings (SSSR count). The van der Waals surface area contributed by atoms with E-state index in [1.54, 1.807) is 0 Å². The van der Waals surface area contributed by atoms with Crippen LogP contribution in [0.1, 0.15) is 87.6 Å². The Bertz CT molecular complexity index is 549. The third kappa shape index (κ3) is 10.2. The number of rotatable bonds is 0. The molecule has 0 spiro atoms. The van der Waals surface area contributed by atoms with Crippen LogP contribution in [0.15, 0.2) is 30.3 Å². The fourth-order valence-corrected chi connectivity index (χ4v) is 3.84. The van der Waals surface area contributed by atoms with E-state index in [9.17, 15) is 0 Å². The minimum absolute atomic E-state index is 0. The first-order chi connectivity index (χ1) is 15.5. The molecule has 0 unspecified atom stereocenters. The van der Waals surface area contributed by atoms with Gasteiger partial charge in [-0.2, -0.15) is 0 Å². The summed E-state index contributed by atoms with van der Waals surface area (Å²) in [6, 6.07) is 9.37. The third-order valence-electron chi connectivity index (χ3n) is 7.37. The zero-order valence-electron chi connectivity index (χ0n) is 23.1. The number of hydrogen-bond acceptors (Lipinski definition) is 1.